The van der Waals surface area contributed by atoms with E-state index in [2.05, 4.69) is 9.10 Å². The van der Waals surface area contributed by atoms with E-state index in [0.717, 1.165) is 11.5 Å². The summed E-state index contributed by atoms with van der Waals surface area (Å²) in [4.78, 5) is 11.2. The number of aryl methyl sites for hydroxylation is 1. The first-order valence-corrected chi connectivity index (χ1v) is 8.55. The van der Waals surface area contributed by atoms with Gasteiger partial charge >= 0.3 is 16.2 Å². The number of carboxylic acid groups (broad SMARTS) is 1. The minimum atomic E-state index is -3.83. The van der Waals surface area contributed by atoms with Gasteiger partial charge in [0.2, 0.25) is 0 Å². The van der Waals surface area contributed by atoms with E-state index < -0.39 is 16.2 Å². The van der Waals surface area contributed by atoms with E-state index in [4.69, 9.17) is 9.84 Å². The van der Waals surface area contributed by atoms with Crippen molar-refractivity contribution in [3.63, 3.8) is 0 Å². The van der Waals surface area contributed by atoms with Gasteiger partial charge in [-0.1, -0.05) is 0 Å². The van der Waals surface area contributed by atoms with Crippen LogP contribution in [0.15, 0.2) is 0 Å². The monoisotopic (exact) mass is 335 g/mol. The van der Waals surface area contributed by atoms with Gasteiger partial charge in [-0.05, 0) is 32.3 Å². The Labute approximate surface area is 127 Å². The standard InChI is InChI=1S/C11H17N3O5S2/c1-6-4-14(5-7(2)19-6)21(17,18)13-10-9(11(15)16)8(3)12-20-10/h6-7,13H,4-5H2,1-3H3,(H,15,16). The molecule has 2 rings (SSSR count). The molecule has 0 radical (unpaired) electrons. The first-order chi connectivity index (χ1) is 9.70. The van der Waals surface area contributed by atoms with Gasteiger partial charge in [-0.2, -0.15) is 17.1 Å². The summed E-state index contributed by atoms with van der Waals surface area (Å²) in [7, 11) is -3.83. The fourth-order valence-electron chi connectivity index (χ4n) is 2.20. The molecule has 0 aliphatic carbocycles. The van der Waals surface area contributed by atoms with Crippen molar-refractivity contribution in [3.8, 4) is 0 Å². The van der Waals surface area contributed by atoms with Gasteiger partial charge in [0.05, 0.1) is 17.9 Å². The van der Waals surface area contributed by atoms with Crippen LogP contribution in [-0.2, 0) is 14.9 Å². The molecule has 1 aromatic heterocycles. The Morgan fingerprint density at radius 1 is 1.43 bits per heavy atom. The molecule has 1 aliphatic heterocycles. The zero-order valence-electron chi connectivity index (χ0n) is 11.9. The first kappa shape index (κ1) is 16.1. The predicted octanol–water partition coefficient (Wildman–Crippen LogP) is 0.916. The zero-order chi connectivity index (χ0) is 15.8. The molecular formula is C11H17N3O5S2. The van der Waals surface area contributed by atoms with Crippen LogP contribution in [0, 0.1) is 6.92 Å². The van der Waals surface area contributed by atoms with Crippen molar-refractivity contribution in [2.75, 3.05) is 17.8 Å². The normalized spacial score (nSPS) is 24.0. The second-order valence-corrected chi connectivity index (χ2v) is 7.40. The quantitative estimate of drug-likeness (QED) is 0.847. The average molecular weight is 335 g/mol. The third-order valence-corrected chi connectivity index (χ3v) is 5.45. The molecule has 2 heterocycles. The predicted molar refractivity (Wildman–Crippen MR) is 77.9 cm³/mol. The van der Waals surface area contributed by atoms with Gasteiger partial charge in [0.1, 0.15) is 10.6 Å². The summed E-state index contributed by atoms with van der Waals surface area (Å²) in [6, 6.07) is 0. The van der Waals surface area contributed by atoms with E-state index in [1.807, 2.05) is 0 Å². The summed E-state index contributed by atoms with van der Waals surface area (Å²) in [6.07, 6.45) is -0.431. The molecule has 2 atom stereocenters. The van der Waals surface area contributed by atoms with Crippen molar-refractivity contribution in [2.45, 2.75) is 33.0 Å². The summed E-state index contributed by atoms with van der Waals surface area (Å²) in [5.41, 5.74) is 0.173. The Kier molecular flexibility index (Phi) is 4.51. The highest BCUT2D eigenvalue weighted by molar-refractivity contribution is 7.90. The molecule has 8 nitrogen and oxygen atoms in total. The molecule has 0 saturated carbocycles. The van der Waals surface area contributed by atoms with Crippen LogP contribution in [0.3, 0.4) is 0 Å². The lowest BCUT2D eigenvalue weighted by Crippen LogP contribution is -2.49. The Morgan fingerprint density at radius 3 is 2.52 bits per heavy atom. The van der Waals surface area contributed by atoms with Crippen LogP contribution in [0.4, 0.5) is 5.00 Å². The lowest BCUT2D eigenvalue weighted by Gasteiger charge is -2.34. The number of hydrogen-bond donors (Lipinski definition) is 2. The Balaban J connectivity index is 2.24. The van der Waals surface area contributed by atoms with Gasteiger partial charge in [-0.25, -0.2) is 4.79 Å². The summed E-state index contributed by atoms with van der Waals surface area (Å²) >= 11 is 0.818. The van der Waals surface area contributed by atoms with E-state index in [0.29, 0.717) is 0 Å². The van der Waals surface area contributed by atoms with Crippen molar-refractivity contribution < 1.29 is 23.1 Å². The molecule has 0 bridgehead atoms. The number of nitrogens with one attached hydrogen (secondary N) is 1. The number of rotatable bonds is 4. The Morgan fingerprint density at radius 2 is 2.00 bits per heavy atom. The number of morpholine rings is 1. The smallest absolute Gasteiger partial charge is 0.340 e. The highest BCUT2D eigenvalue weighted by atomic mass is 32.2. The second-order valence-electron chi connectivity index (χ2n) is 4.96. The Hall–Kier alpha value is -1.23. The van der Waals surface area contributed by atoms with Crippen LogP contribution in [-0.4, -0.2) is 53.5 Å². The number of carbonyl (C=O) groups is 1. The van der Waals surface area contributed by atoms with Gasteiger partial charge in [-0.15, -0.1) is 0 Å². The maximum atomic E-state index is 12.4. The minimum Gasteiger partial charge on any atom is -0.478 e. The Bertz CT molecular complexity index is 632. The molecule has 0 spiro atoms. The molecular weight excluding hydrogens is 318 g/mol. The van der Waals surface area contributed by atoms with Crippen LogP contribution in [0.1, 0.15) is 29.9 Å². The van der Waals surface area contributed by atoms with E-state index in [-0.39, 0.29) is 41.6 Å². The third kappa shape index (κ3) is 3.51. The van der Waals surface area contributed by atoms with Crippen LogP contribution in [0.25, 0.3) is 0 Å². The molecule has 1 aliphatic rings. The summed E-state index contributed by atoms with van der Waals surface area (Å²) in [6.45, 7) is 5.55. The molecule has 10 heteroatoms. The van der Waals surface area contributed by atoms with E-state index in [9.17, 15) is 13.2 Å². The zero-order valence-corrected chi connectivity index (χ0v) is 13.5. The second kappa shape index (κ2) is 5.87. The topological polar surface area (TPSA) is 109 Å². The van der Waals surface area contributed by atoms with Crippen molar-refractivity contribution >= 4 is 32.7 Å². The molecule has 2 unspecified atom stereocenters. The lowest BCUT2D eigenvalue weighted by molar-refractivity contribution is -0.0439. The number of aromatic nitrogens is 1. The van der Waals surface area contributed by atoms with E-state index >= 15 is 0 Å². The van der Waals surface area contributed by atoms with Gasteiger partial charge in [0.25, 0.3) is 0 Å². The number of hydrogen-bond acceptors (Lipinski definition) is 6. The van der Waals surface area contributed by atoms with Gasteiger partial charge in [0.15, 0.2) is 0 Å². The molecule has 1 aromatic rings. The molecule has 1 fully saturated rings. The molecule has 21 heavy (non-hydrogen) atoms. The number of aromatic carboxylic acids is 1. The summed E-state index contributed by atoms with van der Waals surface area (Å²) in [5, 5.41) is 9.15. The molecule has 2 N–H and O–H groups in total. The van der Waals surface area contributed by atoms with Crippen LogP contribution >= 0.6 is 11.5 Å². The molecule has 0 aromatic carbocycles. The van der Waals surface area contributed by atoms with Crippen molar-refractivity contribution in [1.82, 2.24) is 8.68 Å². The van der Waals surface area contributed by atoms with Crippen molar-refractivity contribution in [1.29, 1.82) is 0 Å². The number of anilines is 1. The fourth-order valence-corrected chi connectivity index (χ4v) is 4.59. The minimum absolute atomic E-state index is 0.0202. The van der Waals surface area contributed by atoms with E-state index in [1.54, 1.807) is 13.8 Å². The largest absolute Gasteiger partial charge is 0.478 e. The summed E-state index contributed by atoms with van der Waals surface area (Å²) in [5.74, 6) is -1.21. The highest BCUT2D eigenvalue weighted by Gasteiger charge is 2.32. The highest BCUT2D eigenvalue weighted by Crippen LogP contribution is 2.27. The first-order valence-electron chi connectivity index (χ1n) is 6.33. The maximum absolute atomic E-state index is 12.4. The third-order valence-electron chi connectivity index (χ3n) is 3.02. The van der Waals surface area contributed by atoms with Crippen molar-refractivity contribution in [3.05, 3.63) is 11.3 Å². The van der Waals surface area contributed by atoms with Crippen molar-refractivity contribution in [2.24, 2.45) is 0 Å². The number of carboxylic acids is 1. The molecule has 0 amide bonds. The van der Waals surface area contributed by atoms with Crippen LogP contribution < -0.4 is 4.72 Å². The molecule has 1 saturated heterocycles. The number of nitrogens with zero attached hydrogens (tertiary/aromatic N) is 2. The van der Waals surface area contributed by atoms with E-state index in [1.165, 1.54) is 11.2 Å². The average Bonchev–Trinajstić information content (AvgIpc) is 2.68. The van der Waals surface area contributed by atoms with Gasteiger partial charge in [0, 0.05) is 13.1 Å². The van der Waals surface area contributed by atoms with Crippen LogP contribution in [0.2, 0.25) is 0 Å². The number of ether oxygens (including phenoxy) is 1. The lowest BCUT2D eigenvalue weighted by atomic mass is 10.2. The SMILES string of the molecule is Cc1nsc(NS(=O)(=O)N2CC(C)OC(C)C2)c1C(=O)O. The van der Waals surface area contributed by atoms with Gasteiger partial charge < -0.3 is 9.84 Å². The summed E-state index contributed by atoms with van der Waals surface area (Å²) < 4.78 is 37.7. The van der Waals surface area contributed by atoms with Crippen LogP contribution in [0.5, 0.6) is 0 Å². The maximum Gasteiger partial charge on any atom is 0.340 e. The molecule has 118 valence electrons. The fraction of sp³-hybridized carbons (Fsp3) is 0.636. The van der Waals surface area contributed by atoms with Gasteiger partial charge in [-0.3, -0.25) is 4.72 Å².